The minimum absolute atomic E-state index is 0.347. The van der Waals surface area contributed by atoms with E-state index < -0.39 is 0 Å². The molecule has 2 aromatic rings. The first-order valence-electron chi connectivity index (χ1n) is 4.62. The molecule has 0 radical (unpaired) electrons. The van der Waals surface area contributed by atoms with Crippen molar-refractivity contribution < 1.29 is 4.79 Å². The summed E-state index contributed by atoms with van der Waals surface area (Å²) < 4.78 is 0. The van der Waals surface area contributed by atoms with Gasteiger partial charge >= 0.3 is 0 Å². The molecule has 0 amide bonds. The number of carbonyl (C=O) groups is 1. The molecule has 80 valence electrons. The molecule has 0 aliphatic rings. The lowest BCUT2D eigenvalue weighted by molar-refractivity contribution is 0.111. The molecule has 2 aromatic heterocycles. The summed E-state index contributed by atoms with van der Waals surface area (Å²) in [6, 6.07) is 5.04. The second-order valence-corrected chi connectivity index (χ2v) is 3.67. The molecular formula is C11H8ClN3O. The number of aromatic nitrogens is 3. The Morgan fingerprint density at radius 2 is 2.12 bits per heavy atom. The number of hydrogen-bond donors (Lipinski definition) is 0. The zero-order valence-electron chi connectivity index (χ0n) is 8.51. The standard InChI is InChI=1S/C11H8ClN3O/c1-7-4-9(6-16)15-11(14-7)10-3-2-8(12)5-13-10/h2-6H,1H3. The van der Waals surface area contributed by atoms with Crippen LogP contribution in [0.5, 0.6) is 0 Å². The van der Waals surface area contributed by atoms with E-state index in [0.717, 1.165) is 5.69 Å². The first kappa shape index (κ1) is 10.7. The van der Waals surface area contributed by atoms with E-state index in [1.807, 2.05) is 0 Å². The van der Waals surface area contributed by atoms with Crippen molar-refractivity contribution in [3.05, 3.63) is 40.8 Å². The minimum atomic E-state index is 0.347. The topological polar surface area (TPSA) is 55.7 Å². The van der Waals surface area contributed by atoms with E-state index in [1.54, 1.807) is 25.1 Å². The van der Waals surface area contributed by atoms with Crippen LogP contribution >= 0.6 is 11.6 Å². The van der Waals surface area contributed by atoms with E-state index in [1.165, 1.54) is 6.20 Å². The lowest BCUT2D eigenvalue weighted by Gasteiger charge is -2.01. The fourth-order valence-electron chi connectivity index (χ4n) is 1.28. The largest absolute Gasteiger partial charge is 0.296 e. The van der Waals surface area contributed by atoms with Crippen LogP contribution in [0.15, 0.2) is 24.4 Å². The monoisotopic (exact) mass is 233 g/mol. The SMILES string of the molecule is Cc1cc(C=O)nc(-c2ccc(Cl)cn2)n1. The molecule has 4 nitrogen and oxygen atoms in total. The number of carbonyl (C=O) groups excluding carboxylic acids is 1. The molecule has 0 atom stereocenters. The summed E-state index contributed by atoms with van der Waals surface area (Å²) in [5.41, 5.74) is 1.67. The van der Waals surface area contributed by atoms with Gasteiger partial charge in [0.1, 0.15) is 11.4 Å². The summed E-state index contributed by atoms with van der Waals surface area (Å²) in [5.74, 6) is 0.429. The molecule has 5 heteroatoms. The van der Waals surface area contributed by atoms with Crippen molar-refractivity contribution >= 4 is 17.9 Å². The van der Waals surface area contributed by atoms with Crippen molar-refractivity contribution in [2.75, 3.05) is 0 Å². The fourth-order valence-corrected chi connectivity index (χ4v) is 1.39. The van der Waals surface area contributed by atoms with Gasteiger partial charge in [0.05, 0.1) is 5.02 Å². The summed E-state index contributed by atoms with van der Waals surface area (Å²) in [6.45, 7) is 1.80. The van der Waals surface area contributed by atoms with Crippen LogP contribution in [0.3, 0.4) is 0 Å². The maximum absolute atomic E-state index is 10.7. The van der Waals surface area contributed by atoms with Gasteiger partial charge in [-0.15, -0.1) is 0 Å². The second-order valence-electron chi connectivity index (χ2n) is 3.24. The Balaban J connectivity index is 2.51. The molecule has 0 unspecified atom stereocenters. The van der Waals surface area contributed by atoms with Crippen LogP contribution < -0.4 is 0 Å². The number of aldehydes is 1. The number of rotatable bonds is 2. The molecule has 0 saturated heterocycles. The van der Waals surface area contributed by atoms with Crippen molar-refractivity contribution in [3.63, 3.8) is 0 Å². The van der Waals surface area contributed by atoms with Gasteiger partial charge in [-0.2, -0.15) is 0 Å². The van der Waals surface area contributed by atoms with Crippen molar-refractivity contribution in [1.82, 2.24) is 15.0 Å². The maximum Gasteiger partial charge on any atom is 0.179 e. The molecule has 0 fully saturated rings. The molecule has 0 aliphatic carbocycles. The van der Waals surface area contributed by atoms with E-state index in [9.17, 15) is 4.79 Å². The van der Waals surface area contributed by atoms with Crippen LogP contribution in [-0.2, 0) is 0 Å². The van der Waals surface area contributed by atoms with E-state index in [-0.39, 0.29) is 0 Å². The first-order chi connectivity index (χ1) is 7.69. The van der Waals surface area contributed by atoms with Gasteiger partial charge in [-0.05, 0) is 25.1 Å². The summed E-state index contributed by atoms with van der Waals surface area (Å²) in [7, 11) is 0. The first-order valence-corrected chi connectivity index (χ1v) is 4.99. The Hall–Kier alpha value is -1.81. The van der Waals surface area contributed by atoms with Gasteiger partial charge < -0.3 is 0 Å². The number of hydrogen-bond acceptors (Lipinski definition) is 4. The normalized spacial score (nSPS) is 10.1. The predicted octanol–water partition coefficient (Wildman–Crippen LogP) is 2.31. The molecular weight excluding hydrogens is 226 g/mol. The summed E-state index contributed by atoms with van der Waals surface area (Å²) in [5, 5.41) is 0.548. The number of pyridine rings is 1. The van der Waals surface area contributed by atoms with Crippen LogP contribution in [0.1, 0.15) is 16.2 Å². The number of nitrogens with zero attached hydrogens (tertiary/aromatic N) is 3. The Morgan fingerprint density at radius 3 is 2.75 bits per heavy atom. The smallest absolute Gasteiger partial charge is 0.179 e. The van der Waals surface area contributed by atoms with Crippen LogP contribution in [-0.4, -0.2) is 21.2 Å². The van der Waals surface area contributed by atoms with Gasteiger partial charge in [-0.25, -0.2) is 9.97 Å². The van der Waals surface area contributed by atoms with Crippen molar-refractivity contribution in [2.45, 2.75) is 6.92 Å². The molecule has 0 saturated carbocycles. The minimum Gasteiger partial charge on any atom is -0.296 e. The zero-order chi connectivity index (χ0) is 11.5. The molecule has 0 bridgehead atoms. The highest BCUT2D eigenvalue weighted by Crippen LogP contribution is 2.15. The van der Waals surface area contributed by atoms with Gasteiger partial charge in [0, 0.05) is 11.9 Å². The van der Waals surface area contributed by atoms with Crippen molar-refractivity contribution in [2.24, 2.45) is 0 Å². The van der Waals surface area contributed by atoms with Crippen molar-refractivity contribution in [3.8, 4) is 11.5 Å². The van der Waals surface area contributed by atoms with E-state index in [2.05, 4.69) is 15.0 Å². The van der Waals surface area contributed by atoms with Crippen LogP contribution in [0.4, 0.5) is 0 Å². The molecule has 2 rings (SSSR count). The van der Waals surface area contributed by atoms with Crippen LogP contribution in [0.2, 0.25) is 5.02 Å². The summed E-state index contributed by atoms with van der Waals surface area (Å²) in [6.07, 6.45) is 2.21. The molecule has 0 aromatic carbocycles. The van der Waals surface area contributed by atoms with Crippen molar-refractivity contribution in [1.29, 1.82) is 0 Å². The highest BCUT2D eigenvalue weighted by molar-refractivity contribution is 6.30. The summed E-state index contributed by atoms with van der Waals surface area (Å²) in [4.78, 5) is 23.0. The molecule has 0 spiro atoms. The lowest BCUT2D eigenvalue weighted by Crippen LogP contribution is -1.98. The molecule has 0 aliphatic heterocycles. The van der Waals surface area contributed by atoms with Crippen LogP contribution in [0.25, 0.3) is 11.5 Å². The zero-order valence-corrected chi connectivity index (χ0v) is 9.27. The third-order valence-corrected chi connectivity index (χ3v) is 2.17. The predicted molar refractivity (Wildman–Crippen MR) is 60.4 cm³/mol. The highest BCUT2D eigenvalue weighted by atomic mass is 35.5. The molecule has 16 heavy (non-hydrogen) atoms. The van der Waals surface area contributed by atoms with E-state index in [0.29, 0.717) is 28.5 Å². The Kier molecular flexibility index (Phi) is 2.92. The number of aryl methyl sites for hydroxylation is 1. The maximum atomic E-state index is 10.7. The Labute approximate surface area is 97.3 Å². The quantitative estimate of drug-likeness (QED) is 0.747. The third kappa shape index (κ3) is 2.23. The van der Waals surface area contributed by atoms with Gasteiger partial charge in [0.15, 0.2) is 12.1 Å². The Morgan fingerprint density at radius 1 is 1.31 bits per heavy atom. The highest BCUT2D eigenvalue weighted by Gasteiger charge is 2.05. The fraction of sp³-hybridized carbons (Fsp3) is 0.0909. The molecule has 0 N–H and O–H groups in total. The van der Waals surface area contributed by atoms with Gasteiger partial charge in [-0.3, -0.25) is 9.78 Å². The average Bonchev–Trinajstić information content (AvgIpc) is 2.29. The Bertz CT molecular complexity index is 525. The van der Waals surface area contributed by atoms with Crippen LogP contribution in [0, 0.1) is 6.92 Å². The van der Waals surface area contributed by atoms with Gasteiger partial charge in [0.25, 0.3) is 0 Å². The second kappa shape index (κ2) is 4.37. The van der Waals surface area contributed by atoms with E-state index >= 15 is 0 Å². The third-order valence-electron chi connectivity index (χ3n) is 1.95. The average molecular weight is 234 g/mol. The van der Waals surface area contributed by atoms with Gasteiger partial charge in [-0.1, -0.05) is 11.6 Å². The molecule has 2 heterocycles. The lowest BCUT2D eigenvalue weighted by atomic mass is 10.3. The van der Waals surface area contributed by atoms with Gasteiger partial charge in [0.2, 0.25) is 0 Å². The van der Waals surface area contributed by atoms with E-state index in [4.69, 9.17) is 11.6 Å². The number of halogens is 1. The summed E-state index contributed by atoms with van der Waals surface area (Å²) >= 11 is 5.73.